The van der Waals surface area contributed by atoms with Crippen LogP contribution in [0, 0.1) is 11.7 Å². The van der Waals surface area contributed by atoms with Crippen molar-refractivity contribution in [2.24, 2.45) is 5.92 Å². The van der Waals surface area contributed by atoms with Crippen LogP contribution in [0.3, 0.4) is 0 Å². The van der Waals surface area contributed by atoms with Crippen molar-refractivity contribution in [2.75, 3.05) is 0 Å². The monoisotopic (exact) mass is 222 g/mol. The highest BCUT2D eigenvalue weighted by Crippen LogP contribution is 2.24. The van der Waals surface area contributed by atoms with Crippen molar-refractivity contribution in [1.82, 2.24) is 0 Å². The van der Waals surface area contributed by atoms with Gasteiger partial charge in [0.05, 0.1) is 0 Å². The Morgan fingerprint density at radius 2 is 2.06 bits per heavy atom. The molecule has 0 atom stereocenters. The van der Waals surface area contributed by atoms with Gasteiger partial charge in [-0.3, -0.25) is 0 Å². The van der Waals surface area contributed by atoms with Crippen LogP contribution in [0.4, 0.5) is 4.39 Å². The highest BCUT2D eigenvalue weighted by molar-refractivity contribution is 5.90. The van der Waals surface area contributed by atoms with E-state index in [-0.39, 0.29) is 11.7 Å². The van der Waals surface area contributed by atoms with E-state index in [1.165, 1.54) is 6.07 Å². The summed E-state index contributed by atoms with van der Waals surface area (Å²) in [5, 5.41) is 8.75. The van der Waals surface area contributed by atoms with Crippen LogP contribution in [-0.2, 0) is 4.79 Å². The molecule has 2 nitrogen and oxygen atoms in total. The predicted molar refractivity (Wildman–Crippen MR) is 61.5 cm³/mol. The van der Waals surface area contributed by atoms with E-state index >= 15 is 0 Å². The lowest BCUT2D eigenvalue weighted by Gasteiger charge is -2.10. The fourth-order valence-corrected chi connectivity index (χ4v) is 1.56. The average Bonchev–Trinajstić information content (AvgIpc) is 2.15. The molecule has 0 heterocycles. The topological polar surface area (TPSA) is 37.3 Å². The summed E-state index contributed by atoms with van der Waals surface area (Å²) in [6.45, 7) is 3.94. The van der Waals surface area contributed by atoms with Crippen LogP contribution in [0.15, 0.2) is 30.3 Å². The fraction of sp³-hybridized carbons (Fsp3) is 0.308. The minimum Gasteiger partial charge on any atom is -0.478 e. The molecule has 0 aliphatic rings. The van der Waals surface area contributed by atoms with Crippen LogP contribution >= 0.6 is 0 Å². The highest BCUT2D eigenvalue weighted by atomic mass is 19.1. The first kappa shape index (κ1) is 12.4. The van der Waals surface area contributed by atoms with Gasteiger partial charge in [0.25, 0.3) is 0 Å². The van der Waals surface area contributed by atoms with E-state index in [0.717, 1.165) is 6.08 Å². The second-order valence-electron chi connectivity index (χ2n) is 4.09. The number of hydrogen-bond donors (Lipinski definition) is 1. The summed E-state index contributed by atoms with van der Waals surface area (Å²) in [4.78, 5) is 10.7. The molecule has 1 aromatic carbocycles. The summed E-state index contributed by atoms with van der Waals surface area (Å²) in [6.07, 6.45) is 1.63. The molecular weight excluding hydrogens is 207 g/mol. The average molecular weight is 222 g/mol. The molecule has 0 amide bonds. The standard InChI is InChI=1S/C13H15FO2/c1-9(2)7-10(8-13(15)16)11-5-3-4-6-12(11)14/h3-6,8-9H,7H2,1-2H3,(H,15,16)/b10-8+. The van der Waals surface area contributed by atoms with Crippen molar-refractivity contribution >= 4 is 11.5 Å². The molecule has 0 bridgehead atoms. The van der Waals surface area contributed by atoms with Crippen molar-refractivity contribution in [3.63, 3.8) is 0 Å². The number of halogens is 1. The lowest BCUT2D eigenvalue weighted by molar-refractivity contribution is -0.131. The first-order valence-electron chi connectivity index (χ1n) is 5.19. The number of rotatable bonds is 4. The summed E-state index contributed by atoms with van der Waals surface area (Å²) in [5.41, 5.74) is 0.902. The minimum absolute atomic E-state index is 0.283. The van der Waals surface area contributed by atoms with Gasteiger partial charge in [-0.2, -0.15) is 0 Å². The van der Waals surface area contributed by atoms with E-state index in [1.54, 1.807) is 18.2 Å². The Bertz CT molecular complexity index is 408. The summed E-state index contributed by atoms with van der Waals surface area (Å²) < 4.78 is 13.5. The van der Waals surface area contributed by atoms with Crippen molar-refractivity contribution in [3.05, 3.63) is 41.7 Å². The maximum Gasteiger partial charge on any atom is 0.328 e. The molecule has 0 aliphatic carbocycles. The van der Waals surface area contributed by atoms with Gasteiger partial charge in [-0.25, -0.2) is 9.18 Å². The Labute approximate surface area is 94.4 Å². The fourth-order valence-electron chi connectivity index (χ4n) is 1.56. The SMILES string of the molecule is CC(C)C/C(=C\C(=O)O)c1ccccc1F. The van der Waals surface area contributed by atoms with Gasteiger partial charge in [-0.05, 0) is 24.0 Å². The Balaban J connectivity index is 3.11. The van der Waals surface area contributed by atoms with Crippen molar-refractivity contribution in [3.8, 4) is 0 Å². The Morgan fingerprint density at radius 1 is 1.44 bits per heavy atom. The van der Waals surface area contributed by atoms with Crippen molar-refractivity contribution < 1.29 is 14.3 Å². The molecule has 0 saturated heterocycles. The maximum absolute atomic E-state index is 13.5. The number of carboxylic acid groups (broad SMARTS) is 1. The normalized spacial score (nSPS) is 11.9. The van der Waals surface area contributed by atoms with E-state index in [9.17, 15) is 9.18 Å². The molecule has 0 fully saturated rings. The summed E-state index contributed by atoms with van der Waals surface area (Å²) in [7, 11) is 0. The third kappa shape index (κ3) is 3.50. The first-order valence-corrected chi connectivity index (χ1v) is 5.19. The highest BCUT2D eigenvalue weighted by Gasteiger charge is 2.10. The van der Waals surface area contributed by atoms with Gasteiger partial charge < -0.3 is 5.11 Å². The van der Waals surface area contributed by atoms with Crippen LogP contribution in [0.25, 0.3) is 5.57 Å². The summed E-state index contributed by atoms with van der Waals surface area (Å²) in [5.74, 6) is -1.14. The zero-order chi connectivity index (χ0) is 12.1. The molecular formula is C13H15FO2. The first-order chi connectivity index (χ1) is 7.50. The van der Waals surface area contributed by atoms with E-state index in [4.69, 9.17) is 5.11 Å². The van der Waals surface area contributed by atoms with Gasteiger partial charge in [-0.1, -0.05) is 32.0 Å². The predicted octanol–water partition coefficient (Wildman–Crippen LogP) is 3.34. The van der Waals surface area contributed by atoms with Crippen molar-refractivity contribution in [2.45, 2.75) is 20.3 Å². The second-order valence-corrected chi connectivity index (χ2v) is 4.09. The van der Waals surface area contributed by atoms with Gasteiger partial charge in [-0.15, -0.1) is 0 Å². The molecule has 1 aromatic rings. The van der Waals surface area contributed by atoms with Crippen LogP contribution in [-0.4, -0.2) is 11.1 Å². The minimum atomic E-state index is -1.04. The van der Waals surface area contributed by atoms with Crippen LogP contribution in [0.2, 0.25) is 0 Å². The van der Waals surface area contributed by atoms with Crippen LogP contribution in [0.1, 0.15) is 25.8 Å². The lowest BCUT2D eigenvalue weighted by Crippen LogP contribution is -1.98. The van der Waals surface area contributed by atoms with Gasteiger partial charge >= 0.3 is 5.97 Å². The molecule has 1 rings (SSSR count). The molecule has 16 heavy (non-hydrogen) atoms. The third-order valence-electron chi connectivity index (χ3n) is 2.15. The number of carbonyl (C=O) groups is 1. The number of carboxylic acids is 1. The molecule has 0 aliphatic heterocycles. The molecule has 3 heteroatoms. The molecule has 0 aromatic heterocycles. The lowest BCUT2D eigenvalue weighted by atomic mass is 9.95. The zero-order valence-electron chi connectivity index (χ0n) is 9.40. The van der Waals surface area contributed by atoms with Gasteiger partial charge in [0, 0.05) is 11.6 Å². The Morgan fingerprint density at radius 3 is 2.56 bits per heavy atom. The van der Waals surface area contributed by atoms with Crippen molar-refractivity contribution in [1.29, 1.82) is 0 Å². The second kappa shape index (κ2) is 5.45. The van der Waals surface area contributed by atoms with E-state index in [0.29, 0.717) is 17.6 Å². The molecule has 0 radical (unpaired) electrons. The number of hydrogen-bond acceptors (Lipinski definition) is 1. The quantitative estimate of drug-likeness (QED) is 0.793. The molecule has 0 unspecified atom stereocenters. The largest absolute Gasteiger partial charge is 0.478 e. The smallest absolute Gasteiger partial charge is 0.328 e. The van der Waals surface area contributed by atoms with E-state index in [1.807, 2.05) is 13.8 Å². The molecule has 0 saturated carbocycles. The Hall–Kier alpha value is -1.64. The number of allylic oxidation sites excluding steroid dienone is 1. The van der Waals surface area contributed by atoms with Gasteiger partial charge in [0.2, 0.25) is 0 Å². The maximum atomic E-state index is 13.5. The zero-order valence-corrected chi connectivity index (χ0v) is 9.40. The summed E-state index contributed by atoms with van der Waals surface area (Å²) >= 11 is 0. The molecule has 86 valence electrons. The molecule has 0 spiro atoms. The van der Waals surface area contributed by atoms with Gasteiger partial charge in [0.1, 0.15) is 5.82 Å². The number of aliphatic carboxylic acids is 1. The van der Waals surface area contributed by atoms with E-state index < -0.39 is 5.97 Å². The third-order valence-corrected chi connectivity index (χ3v) is 2.15. The van der Waals surface area contributed by atoms with Crippen LogP contribution < -0.4 is 0 Å². The van der Waals surface area contributed by atoms with Crippen LogP contribution in [0.5, 0.6) is 0 Å². The van der Waals surface area contributed by atoms with E-state index in [2.05, 4.69) is 0 Å². The molecule has 1 N–H and O–H groups in total. The Kier molecular flexibility index (Phi) is 4.23. The number of benzene rings is 1. The van der Waals surface area contributed by atoms with Gasteiger partial charge in [0.15, 0.2) is 0 Å². The summed E-state index contributed by atoms with van der Waals surface area (Å²) in [6, 6.07) is 6.23.